The molecule has 0 aliphatic carbocycles. The SMILES string of the molecule is Clc1cccc(NCc2cc(Br)cc3c2OCC3)c1. The van der Waals surface area contributed by atoms with Gasteiger partial charge in [-0.05, 0) is 35.9 Å². The summed E-state index contributed by atoms with van der Waals surface area (Å²) in [6.45, 7) is 1.50. The zero-order valence-electron chi connectivity index (χ0n) is 10.2. The first kappa shape index (κ1) is 12.8. The van der Waals surface area contributed by atoms with Gasteiger partial charge in [0.2, 0.25) is 0 Å². The number of hydrogen-bond donors (Lipinski definition) is 1. The van der Waals surface area contributed by atoms with Gasteiger partial charge >= 0.3 is 0 Å². The Morgan fingerprint density at radius 2 is 2.16 bits per heavy atom. The summed E-state index contributed by atoms with van der Waals surface area (Å²) < 4.78 is 6.81. The number of hydrogen-bond acceptors (Lipinski definition) is 2. The highest BCUT2D eigenvalue weighted by molar-refractivity contribution is 9.10. The fourth-order valence-electron chi connectivity index (χ4n) is 2.27. The monoisotopic (exact) mass is 337 g/mol. The highest BCUT2D eigenvalue weighted by Crippen LogP contribution is 2.33. The Labute approximate surface area is 125 Å². The molecule has 0 bridgehead atoms. The topological polar surface area (TPSA) is 21.3 Å². The van der Waals surface area contributed by atoms with Crippen molar-refractivity contribution in [2.45, 2.75) is 13.0 Å². The van der Waals surface area contributed by atoms with E-state index in [-0.39, 0.29) is 0 Å². The van der Waals surface area contributed by atoms with E-state index in [9.17, 15) is 0 Å². The highest BCUT2D eigenvalue weighted by Gasteiger charge is 2.17. The maximum atomic E-state index is 5.97. The van der Waals surface area contributed by atoms with Crippen molar-refractivity contribution in [3.05, 3.63) is 57.0 Å². The van der Waals surface area contributed by atoms with Crippen LogP contribution in [0.25, 0.3) is 0 Å². The van der Waals surface area contributed by atoms with Crippen LogP contribution in [0.5, 0.6) is 5.75 Å². The minimum atomic E-state index is 0.724. The van der Waals surface area contributed by atoms with Gasteiger partial charge in [0.25, 0.3) is 0 Å². The first-order valence-electron chi connectivity index (χ1n) is 6.16. The summed E-state index contributed by atoms with van der Waals surface area (Å²) in [7, 11) is 0. The van der Waals surface area contributed by atoms with E-state index in [2.05, 4.69) is 33.4 Å². The third kappa shape index (κ3) is 2.88. The molecule has 1 heterocycles. The second-order valence-electron chi connectivity index (χ2n) is 4.52. The largest absolute Gasteiger partial charge is 0.493 e. The lowest BCUT2D eigenvalue weighted by Crippen LogP contribution is -2.01. The van der Waals surface area contributed by atoms with Crippen LogP contribution in [0, 0.1) is 0 Å². The van der Waals surface area contributed by atoms with Crippen LogP contribution in [0.1, 0.15) is 11.1 Å². The van der Waals surface area contributed by atoms with Crippen LogP contribution in [0.15, 0.2) is 40.9 Å². The van der Waals surface area contributed by atoms with Crippen molar-refractivity contribution >= 4 is 33.2 Å². The number of halogens is 2. The molecule has 0 amide bonds. The van der Waals surface area contributed by atoms with Gasteiger partial charge in [-0.2, -0.15) is 0 Å². The van der Waals surface area contributed by atoms with Crippen LogP contribution in [0.2, 0.25) is 5.02 Å². The van der Waals surface area contributed by atoms with Gasteiger partial charge in [-0.1, -0.05) is 33.6 Å². The zero-order chi connectivity index (χ0) is 13.2. The standard InChI is InChI=1S/C15H13BrClNO/c16-12-6-10-4-5-19-15(10)11(7-12)9-18-14-3-1-2-13(17)8-14/h1-3,6-8,18H,4-5,9H2. The van der Waals surface area contributed by atoms with Crippen molar-refractivity contribution in [2.75, 3.05) is 11.9 Å². The summed E-state index contributed by atoms with van der Waals surface area (Å²) in [6.07, 6.45) is 0.985. The van der Waals surface area contributed by atoms with Gasteiger partial charge in [0.1, 0.15) is 5.75 Å². The van der Waals surface area contributed by atoms with E-state index in [1.165, 1.54) is 11.1 Å². The van der Waals surface area contributed by atoms with Crippen LogP contribution < -0.4 is 10.1 Å². The van der Waals surface area contributed by atoms with E-state index in [4.69, 9.17) is 16.3 Å². The van der Waals surface area contributed by atoms with Crippen molar-refractivity contribution in [1.82, 2.24) is 0 Å². The number of ether oxygens (including phenoxy) is 1. The van der Waals surface area contributed by atoms with Gasteiger partial charge < -0.3 is 10.1 Å². The molecular formula is C15H13BrClNO. The molecule has 0 spiro atoms. The Balaban J connectivity index is 1.81. The van der Waals surface area contributed by atoms with Crippen molar-refractivity contribution in [2.24, 2.45) is 0 Å². The Bertz CT molecular complexity index is 615. The van der Waals surface area contributed by atoms with E-state index in [1.807, 2.05) is 24.3 Å². The highest BCUT2D eigenvalue weighted by atomic mass is 79.9. The van der Waals surface area contributed by atoms with Crippen LogP contribution in [-0.2, 0) is 13.0 Å². The van der Waals surface area contributed by atoms with Crippen molar-refractivity contribution < 1.29 is 4.74 Å². The normalized spacial score (nSPS) is 12.9. The number of benzene rings is 2. The molecule has 4 heteroatoms. The van der Waals surface area contributed by atoms with Crippen molar-refractivity contribution in [3.63, 3.8) is 0 Å². The molecule has 0 saturated carbocycles. The fraction of sp³-hybridized carbons (Fsp3) is 0.200. The molecule has 0 saturated heterocycles. The lowest BCUT2D eigenvalue weighted by Gasteiger charge is -2.11. The second-order valence-corrected chi connectivity index (χ2v) is 5.87. The molecule has 1 N–H and O–H groups in total. The number of fused-ring (bicyclic) bond motifs is 1. The maximum absolute atomic E-state index is 5.97. The molecule has 0 unspecified atom stereocenters. The Hall–Kier alpha value is -1.19. The minimum absolute atomic E-state index is 0.724. The van der Waals surface area contributed by atoms with Crippen molar-refractivity contribution in [3.8, 4) is 5.75 Å². The van der Waals surface area contributed by atoms with E-state index >= 15 is 0 Å². The summed E-state index contributed by atoms with van der Waals surface area (Å²) in [5.41, 5.74) is 3.46. The third-order valence-electron chi connectivity index (χ3n) is 3.13. The molecule has 0 radical (unpaired) electrons. The van der Waals surface area contributed by atoms with Crippen LogP contribution >= 0.6 is 27.5 Å². The summed E-state index contributed by atoms with van der Waals surface area (Å²) in [5, 5.41) is 4.11. The summed E-state index contributed by atoms with van der Waals surface area (Å²) in [6, 6.07) is 12.0. The summed E-state index contributed by atoms with van der Waals surface area (Å²) in [5.74, 6) is 1.03. The second kappa shape index (κ2) is 5.43. The lowest BCUT2D eigenvalue weighted by atomic mass is 10.1. The smallest absolute Gasteiger partial charge is 0.127 e. The minimum Gasteiger partial charge on any atom is -0.493 e. The molecular weight excluding hydrogens is 326 g/mol. The first-order chi connectivity index (χ1) is 9.22. The van der Waals surface area contributed by atoms with Crippen LogP contribution in [-0.4, -0.2) is 6.61 Å². The Morgan fingerprint density at radius 3 is 3.00 bits per heavy atom. The molecule has 1 aliphatic heterocycles. The van der Waals surface area contributed by atoms with Gasteiger partial charge in [-0.25, -0.2) is 0 Å². The first-order valence-corrected chi connectivity index (χ1v) is 7.33. The Morgan fingerprint density at radius 1 is 1.26 bits per heavy atom. The van der Waals surface area contributed by atoms with E-state index in [1.54, 1.807) is 0 Å². The number of rotatable bonds is 3. The summed E-state index contributed by atoms with van der Waals surface area (Å²) >= 11 is 9.52. The quantitative estimate of drug-likeness (QED) is 0.879. The lowest BCUT2D eigenvalue weighted by molar-refractivity contribution is 0.354. The molecule has 0 atom stereocenters. The van der Waals surface area contributed by atoms with Gasteiger partial charge in [0, 0.05) is 33.7 Å². The molecule has 3 rings (SSSR count). The maximum Gasteiger partial charge on any atom is 0.127 e. The van der Waals surface area contributed by atoms with Crippen molar-refractivity contribution in [1.29, 1.82) is 0 Å². The van der Waals surface area contributed by atoms with E-state index in [0.717, 1.165) is 40.5 Å². The van der Waals surface area contributed by atoms with Gasteiger partial charge in [-0.3, -0.25) is 0 Å². The molecule has 1 aliphatic rings. The zero-order valence-corrected chi connectivity index (χ0v) is 12.6. The van der Waals surface area contributed by atoms with Crippen LogP contribution in [0.3, 0.4) is 0 Å². The molecule has 19 heavy (non-hydrogen) atoms. The van der Waals surface area contributed by atoms with Gasteiger partial charge in [-0.15, -0.1) is 0 Å². The van der Waals surface area contributed by atoms with Crippen LogP contribution in [0.4, 0.5) is 5.69 Å². The van der Waals surface area contributed by atoms with Gasteiger partial charge in [0.15, 0.2) is 0 Å². The Kier molecular flexibility index (Phi) is 3.67. The third-order valence-corrected chi connectivity index (χ3v) is 3.83. The predicted molar refractivity (Wildman–Crippen MR) is 82.1 cm³/mol. The van der Waals surface area contributed by atoms with Gasteiger partial charge in [0.05, 0.1) is 6.61 Å². The molecule has 2 aromatic carbocycles. The predicted octanol–water partition coefficient (Wildman–Crippen LogP) is 4.65. The van der Waals surface area contributed by atoms with E-state index < -0.39 is 0 Å². The number of nitrogens with one attached hydrogen (secondary N) is 1. The molecule has 2 nitrogen and oxygen atoms in total. The molecule has 98 valence electrons. The average molecular weight is 339 g/mol. The fourth-order valence-corrected chi connectivity index (χ4v) is 3.02. The average Bonchev–Trinajstić information content (AvgIpc) is 2.84. The number of anilines is 1. The van der Waals surface area contributed by atoms with E-state index in [0.29, 0.717) is 0 Å². The molecule has 2 aromatic rings. The summed E-state index contributed by atoms with van der Waals surface area (Å²) in [4.78, 5) is 0. The molecule has 0 fully saturated rings. The molecule has 0 aromatic heterocycles.